The first kappa shape index (κ1) is 16.4. The monoisotopic (exact) mass is 345 g/mol. The molecule has 1 aliphatic rings. The third-order valence-corrected chi connectivity index (χ3v) is 5.67. The Morgan fingerprint density at radius 1 is 1.17 bits per heavy atom. The number of hydrogen-bond donors (Lipinski definition) is 2. The van der Waals surface area contributed by atoms with Crippen molar-refractivity contribution in [3.05, 3.63) is 53.9 Å². The molecule has 1 saturated heterocycles. The molecule has 2 aromatic rings. The van der Waals surface area contributed by atoms with Crippen molar-refractivity contribution in [3.8, 4) is 0 Å². The molecule has 6 nitrogen and oxygen atoms in total. The summed E-state index contributed by atoms with van der Waals surface area (Å²) in [7, 11) is -3.02. The van der Waals surface area contributed by atoms with E-state index in [0.29, 0.717) is 6.42 Å². The van der Waals surface area contributed by atoms with E-state index in [1.165, 1.54) is 5.56 Å². The summed E-state index contributed by atoms with van der Waals surface area (Å²) < 4.78 is 22.9. The molecule has 1 aromatic carbocycles. The number of nitrogens with one attached hydrogen (secondary N) is 2. The van der Waals surface area contributed by atoms with E-state index in [2.05, 4.69) is 15.6 Å². The van der Waals surface area contributed by atoms with Crippen LogP contribution in [0.5, 0.6) is 0 Å². The van der Waals surface area contributed by atoms with Gasteiger partial charge >= 0.3 is 0 Å². The van der Waals surface area contributed by atoms with E-state index < -0.39 is 9.84 Å². The van der Waals surface area contributed by atoms with Crippen LogP contribution in [0.4, 0.5) is 11.4 Å². The van der Waals surface area contributed by atoms with E-state index in [9.17, 15) is 13.2 Å². The lowest BCUT2D eigenvalue weighted by Gasteiger charge is -2.11. The summed E-state index contributed by atoms with van der Waals surface area (Å²) in [6.07, 6.45) is 2.01. The number of hydrogen-bond acceptors (Lipinski definition) is 5. The van der Waals surface area contributed by atoms with Crippen LogP contribution in [0, 0.1) is 6.92 Å². The molecule has 0 spiro atoms. The Morgan fingerprint density at radius 3 is 2.58 bits per heavy atom. The van der Waals surface area contributed by atoms with Crippen LogP contribution in [0.25, 0.3) is 0 Å². The molecule has 126 valence electrons. The first-order valence-electron chi connectivity index (χ1n) is 7.72. The summed E-state index contributed by atoms with van der Waals surface area (Å²) >= 11 is 0. The number of rotatable bonds is 4. The molecular weight excluding hydrogens is 326 g/mol. The van der Waals surface area contributed by atoms with Crippen molar-refractivity contribution < 1.29 is 13.2 Å². The highest BCUT2D eigenvalue weighted by molar-refractivity contribution is 7.91. The maximum atomic E-state index is 12.3. The van der Waals surface area contributed by atoms with Crippen LogP contribution in [0.2, 0.25) is 0 Å². The normalized spacial score (nSPS) is 19.0. The zero-order chi connectivity index (χ0) is 17.2. The van der Waals surface area contributed by atoms with E-state index in [0.717, 1.165) is 11.4 Å². The number of sulfone groups is 1. The Hall–Kier alpha value is -2.41. The predicted octanol–water partition coefficient (Wildman–Crippen LogP) is 2.05. The Balaban J connectivity index is 1.68. The standard InChI is InChI=1S/C17H19N3O3S/c1-12-2-4-13(5-3-12)19-14-6-8-18-16(10-14)17(21)20-15-7-9-24(22,23)11-15/h2-6,8,10,15H,7,9,11H2,1H3,(H,18,19)(H,20,21). The largest absolute Gasteiger partial charge is 0.355 e. The molecular formula is C17H19N3O3S. The Labute approximate surface area is 141 Å². The number of aryl methyl sites for hydroxylation is 1. The SMILES string of the molecule is Cc1ccc(Nc2ccnc(C(=O)NC3CCS(=O)(=O)C3)c2)cc1. The summed E-state index contributed by atoms with van der Waals surface area (Å²) in [5, 5.41) is 5.96. The van der Waals surface area contributed by atoms with Crippen molar-refractivity contribution >= 4 is 27.1 Å². The molecule has 3 rings (SSSR count). The van der Waals surface area contributed by atoms with Gasteiger partial charge in [-0.2, -0.15) is 0 Å². The van der Waals surface area contributed by atoms with E-state index in [1.54, 1.807) is 18.3 Å². The molecule has 1 aliphatic heterocycles. The van der Waals surface area contributed by atoms with Gasteiger partial charge in [0.05, 0.1) is 11.5 Å². The smallest absolute Gasteiger partial charge is 0.270 e. The van der Waals surface area contributed by atoms with Crippen LogP contribution in [0.3, 0.4) is 0 Å². The Bertz CT molecular complexity index is 848. The number of amides is 1. The fourth-order valence-electron chi connectivity index (χ4n) is 2.60. The van der Waals surface area contributed by atoms with Crippen LogP contribution in [-0.4, -0.2) is 36.9 Å². The van der Waals surface area contributed by atoms with E-state index in [4.69, 9.17) is 0 Å². The molecule has 0 aliphatic carbocycles. The molecule has 7 heteroatoms. The zero-order valence-corrected chi connectivity index (χ0v) is 14.1. The van der Waals surface area contributed by atoms with Gasteiger partial charge in [-0.05, 0) is 37.6 Å². The molecule has 0 radical (unpaired) electrons. The van der Waals surface area contributed by atoms with Crippen molar-refractivity contribution in [2.24, 2.45) is 0 Å². The first-order chi connectivity index (χ1) is 11.4. The van der Waals surface area contributed by atoms with Crippen molar-refractivity contribution in [1.82, 2.24) is 10.3 Å². The van der Waals surface area contributed by atoms with Gasteiger partial charge in [-0.25, -0.2) is 8.42 Å². The highest BCUT2D eigenvalue weighted by Gasteiger charge is 2.29. The van der Waals surface area contributed by atoms with Crippen molar-refractivity contribution in [3.63, 3.8) is 0 Å². The second-order valence-corrected chi connectivity index (χ2v) is 8.22. The van der Waals surface area contributed by atoms with Crippen molar-refractivity contribution in [2.75, 3.05) is 16.8 Å². The fourth-order valence-corrected chi connectivity index (χ4v) is 4.28. The first-order valence-corrected chi connectivity index (χ1v) is 9.54. The van der Waals surface area contributed by atoms with E-state index >= 15 is 0 Å². The number of carbonyl (C=O) groups excluding carboxylic acids is 1. The summed E-state index contributed by atoms with van der Waals surface area (Å²) in [4.78, 5) is 16.3. The van der Waals surface area contributed by atoms with Crippen molar-refractivity contribution in [2.45, 2.75) is 19.4 Å². The van der Waals surface area contributed by atoms with Crippen LogP contribution in [-0.2, 0) is 9.84 Å². The summed E-state index contributed by atoms with van der Waals surface area (Å²) in [5.74, 6) is -0.231. The minimum absolute atomic E-state index is 0.0000468. The average molecular weight is 345 g/mol. The highest BCUT2D eigenvalue weighted by atomic mass is 32.2. The third kappa shape index (κ3) is 4.11. The lowest BCUT2D eigenvalue weighted by atomic mass is 10.2. The molecule has 1 unspecified atom stereocenters. The molecule has 0 bridgehead atoms. The highest BCUT2D eigenvalue weighted by Crippen LogP contribution is 2.18. The maximum Gasteiger partial charge on any atom is 0.270 e. The van der Waals surface area contributed by atoms with Gasteiger partial charge in [-0.15, -0.1) is 0 Å². The van der Waals surface area contributed by atoms with E-state index in [-0.39, 0.29) is 29.1 Å². The molecule has 1 amide bonds. The molecule has 1 atom stereocenters. The number of carbonyl (C=O) groups is 1. The lowest BCUT2D eigenvalue weighted by molar-refractivity contribution is 0.0936. The molecule has 2 N–H and O–H groups in total. The van der Waals surface area contributed by atoms with Crippen LogP contribution < -0.4 is 10.6 Å². The Morgan fingerprint density at radius 2 is 1.92 bits per heavy atom. The molecule has 24 heavy (non-hydrogen) atoms. The van der Waals surface area contributed by atoms with Gasteiger partial charge in [-0.3, -0.25) is 9.78 Å². The molecule has 2 heterocycles. The van der Waals surface area contributed by atoms with Gasteiger partial charge in [0.1, 0.15) is 5.69 Å². The van der Waals surface area contributed by atoms with Gasteiger partial charge in [-0.1, -0.05) is 17.7 Å². The van der Waals surface area contributed by atoms with Crippen LogP contribution in [0.1, 0.15) is 22.5 Å². The van der Waals surface area contributed by atoms with Gasteiger partial charge in [0.25, 0.3) is 5.91 Å². The Kier molecular flexibility index (Phi) is 4.53. The van der Waals surface area contributed by atoms with Crippen LogP contribution in [0.15, 0.2) is 42.6 Å². The minimum Gasteiger partial charge on any atom is -0.355 e. The summed E-state index contributed by atoms with van der Waals surface area (Å²) in [6, 6.07) is 11.0. The van der Waals surface area contributed by atoms with Gasteiger partial charge in [0.15, 0.2) is 9.84 Å². The minimum atomic E-state index is -3.02. The number of anilines is 2. The van der Waals surface area contributed by atoms with Gasteiger partial charge < -0.3 is 10.6 Å². The second kappa shape index (κ2) is 6.60. The zero-order valence-electron chi connectivity index (χ0n) is 13.3. The fraction of sp³-hybridized carbons (Fsp3) is 0.294. The number of pyridine rings is 1. The maximum absolute atomic E-state index is 12.3. The number of nitrogens with zero attached hydrogens (tertiary/aromatic N) is 1. The lowest BCUT2D eigenvalue weighted by Crippen LogP contribution is -2.36. The quantitative estimate of drug-likeness (QED) is 0.885. The summed E-state index contributed by atoms with van der Waals surface area (Å²) in [5.41, 5.74) is 3.09. The van der Waals surface area contributed by atoms with Gasteiger partial charge in [0, 0.05) is 23.6 Å². The van der Waals surface area contributed by atoms with E-state index in [1.807, 2.05) is 31.2 Å². The second-order valence-electron chi connectivity index (χ2n) is 5.99. The molecule has 1 fully saturated rings. The topological polar surface area (TPSA) is 88.2 Å². The predicted molar refractivity (Wildman–Crippen MR) is 93.2 cm³/mol. The van der Waals surface area contributed by atoms with Crippen LogP contribution >= 0.6 is 0 Å². The average Bonchev–Trinajstić information content (AvgIpc) is 2.88. The van der Waals surface area contributed by atoms with Crippen molar-refractivity contribution in [1.29, 1.82) is 0 Å². The van der Waals surface area contributed by atoms with Gasteiger partial charge in [0.2, 0.25) is 0 Å². The molecule has 0 saturated carbocycles. The summed E-state index contributed by atoms with van der Waals surface area (Å²) in [6.45, 7) is 2.02. The third-order valence-electron chi connectivity index (χ3n) is 3.90. The molecule has 1 aromatic heterocycles. The number of aromatic nitrogens is 1. The number of benzene rings is 1.